The lowest BCUT2D eigenvalue weighted by Crippen LogP contribution is -2.35. The number of carboxylic acid groups (broad SMARTS) is 1. The van der Waals surface area contributed by atoms with E-state index in [1.54, 1.807) is 18.9 Å². The molecule has 20 heavy (non-hydrogen) atoms. The predicted octanol–water partition coefficient (Wildman–Crippen LogP) is 1.95. The molecule has 0 bridgehead atoms. The molecule has 0 spiro atoms. The van der Waals surface area contributed by atoms with E-state index in [1.807, 2.05) is 31.2 Å². The minimum Gasteiger partial charge on any atom is -0.480 e. The fraction of sp³-hybridized carbons (Fsp3) is 0.357. The molecule has 1 unspecified atom stereocenters. The number of nitrogens with zero attached hydrogens (tertiary/aromatic N) is 3. The van der Waals surface area contributed by atoms with Crippen LogP contribution in [0.25, 0.3) is 11.4 Å². The second kappa shape index (κ2) is 5.83. The van der Waals surface area contributed by atoms with Crippen LogP contribution in [-0.4, -0.2) is 39.2 Å². The molecular weight excluding hydrogens is 258 g/mol. The highest BCUT2D eigenvalue weighted by Crippen LogP contribution is 2.17. The summed E-state index contributed by atoms with van der Waals surface area (Å²) in [7, 11) is 1.70. The number of aromatic nitrogens is 2. The molecule has 6 nitrogen and oxygen atoms in total. The van der Waals surface area contributed by atoms with E-state index in [-0.39, 0.29) is 0 Å². The molecule has 0 aliphatic carbocycles. The van der Waals surface area contributed by atoms with Gasteiger partial charge in [-0.15, -0.1) is 0 Å². The van der Waals surface area contributed by atoms with E-state index in [2.05, 4.69) is 10.1 Å². The average molecular weight is 275 g/mol. The third-order valence-corrected chi connectivity index (χ3v) is 3.15. The Balaban J connectivity index is 2.11. The van der Waals surface area contributed by atoms with Crippen LogP contribution in [0.4, 0.5) is 0 Å². The van der Waals surface area contributed by atoms with Crippen molar-refractivity contribution < 1.29 is 14.4 Å². The second-order valence-electron chi connectivity index (χ2n) is 4.81. The van der Waals surface area contributed by atoms with Gasteiger partial charge in [0.2, 0.25) is 11.7 Å². The largest absolute Gasteiger partial charge is 0.480 e. The Hall–Kier alpha value is -2.21. The summed E-state index contributed by atoms with van der Waals surface area (Å²) in [6.07, 6.45) is 0. The molecule has 0 fully saturated rings. The minimum absolute atomic E-state index is 0.298. The molecule has 0 saturated heterocycles. The number of carbonyl (C=O) groups is 1. The van der Waals surface area contributed by atoms with Crippen molar-refractivity contribution in [1.82, 2.24) is 15.0 Å². The Labute approximate surface area is 117 Å². The van der Waals surface area contributed by atoms with Crippen molar-refractivity contribution in [1.29, 1.82) is 0 Å². The smallest absolute Gasteiger partial charge is 0.320 e. The fourth-order valence-electron chi connectivity index (χ4n) is 1.76. The van der Waals surface area contributed by atoms with Crippen LogP contribution < -0.4 is 0 Å². The van der Waals surface area contributed by atoms with Crippen molar-refractivity contribution in [3.8, 4) is 11.4 Å². The summed E-state index contributed by atoms with van der Waals surface area (Å²) in [5, 5.41) is 12.9. The van der Waals surface area contributed by atoms with Crippen LogP contribution in [0.5, 0.6) is 0 Å². The normalized spacial score (nSPS) is 12.6. The summed E-state index contributed by atoms with van der Waals surface area (Å²) in [5.41, 5.74) is 2.00. The molecule has 0 aliphatic rings. The molecule has 0 radical (unpaired) electrons. The number of likely N-dealkylation sites (N-methyl/N-ethyl adjacent to an activating group) is 1. The molecule has 2 aromatic rings. The third kappa shape index (κ3) is 3.21. The molecule has 0 amide bonds. The van der Waals surface area contributed by atoms with Gasteiger partial charge < -0.3 is 9.63 Å². The van der Waals surface area contributed by atoms with E-state index < -0.39 is 12.0 Å². The summed E-state index contributed by atoms with van der Waals surface area (Å²) >= 11 is 0. The lowest BCUT2D eigenvalue weighted by molar-refractivity contribution is -0.142. The molecule has 1 aromatic carbocycles. The molecule has 1 atom stereocenters. The molecule has 0 aliphatic heterocycles. The first-order valence-electron chi connectivity index (χ1n) is 6.30. The Morgan fingerprint density at radius 2 is 2.25 bits per heavy atom. The average Bonchev–Trinajstić information content (AvgIpc) is 2.86. The summed E-state index contributed by atoms with van der Waals surface area (Å²) in [6, 6.07) is 7.19. The number of rotatable bonds is 5. The summed E-state index contributed by atoms with van der Waals surface area (Å²) in [6.45, 7) is 3.90. The van der Waals surface area contributed by atoms with E-state index in [4.69, 9.17) is 9.63 Å². The number of aryl methyl sites for hydroxylation is 1. The lowest BCUT2D eigenvalue weighted by Gasteiger charge is -2.18. The van der Waals surface area contributed by atoms with Crippen molar-refractivity contribution in [2.24, 2.45) is 0 Å². The van der Waals surface area contributed by atoms with Crippen molar-refractivity contribution in [2.75, 3.05) is 7.05 Å². The second-order valence-corrected chi connectivity index (χ2v) is 4.81. The van der Waals surface area contributed by atoms with E-state index >= 15 is 0 Å². The highest BCUT2D eigenvalue weighted by Gasteiger charge is 2.19. The van der Waals surface area contributed by atoms with Gasteiger partial charge in [-0.05, 0) is 27.0 Å². The summed E-state index contributed by atoms with van der Waals surface area (Å²) < 4.78 is 5.16. The molecule has 0 saturated carbocycles. The zero-order valence-corrected chi connectivity index (χ0v) is 11.7. The van der Waals surface area contributed by atoms with Crippen LogP contribution in [0.3, 0.4) is 0 Å². The van der Waals surface area contributed by atoms with E-state index in [0.29, 0.717) is 18.3 Å². The maximum Gasteiger partial charge on any atom is 0.320 e. The molecule has 2 rings (SSSR count). The van der Waals surface area contributed by atoms with Gasteiger partial charge in [-0.3, -0.25) is 9.69 Å². The monoisotopic (exact) mass is 275 g/mol. The van der Waals surface area contributed by atoms with Crippen LogP contribution in [0.1, 0.15) is 18.4 Å². The first-order chi connectivity index (χ1) is 9.47. The molecule has 106 valence electrons. The van der Waals surface area contributed by atoms with E-state index in [0.717, 1.165) is 11.1 Å². The topological polar surface area (TPSA) is 79.5 Å². The van der Waals surface area contributed by atoms with Crippen LogP contribution in [0, 0.1) is 6.92 Å². The van der Waals surface area contributed by atoms with Crippen molar-refractivity contribution in [2.45, 2.75) is 26.4 Å². The van der Waals surface area contributed by atoms with Gasteiger partial charge in [-0.1, -0.05) is 28.9 Å². The molecular formula is C14H17N3O3. The first kappa shape index (κ1) is 14.2. The number of benzene rings is 1. The maximum atomic E-state index is 10.9. The summed E-state index contributed by atoms with van der Waals surface area (Å²) in [4.78, 5) is 16.8. The van der Waals surface area contributed by atoms with Crippen LogP contribution in [0.15, 0.2) is 28.8 Å². The highest BCUT2D eigenvalue weighted by molar-refractivity contribution is 5.72. The lowest BCUT2D eigenvalue weighted by atomic mass is 10.1. The van der Waals surface area contributed by atoms with Gasteiger partial charge in [0.15, 0.2) is 0 Å². The van der Waals surface area contributed by atoms with Crippen LogP contribution >= 0.6 is 0 Å². The van der Waals surface area contributed by atoms with E-state index in [1.165, 1.54) is 0 Å². The SMILES string of the molecule is Cc1cccc(-c2noc(CN(C)C(C)C(=O)O)n2)c1. The summed E-state index contributed by atoms with van der Waals surface area (Å²) in [5.74, 6) is 0.0307. The maximum absolute atomic E-state index is 10.9. The van der Waals surface area contributed by atoms with Crippen molar-refractivity contribution in [3.63, 3.8) is 0 Å². The Morgan fingerprint density at radius 1 is 1.50 bits per heavy atom. The first-order valence-corrected chi connectivity index (χ1v) is 6.30. The van der Waals surface area contributed by atoms with Gasteiger partial charge in [0.1, 0.15) is 6.04 Å². The number of hydrogen-bond acceptors (Lipinski definition) is 5. The molecule has 6 heteroatoms. The van der Waals surface area contributed by atoms with Crippen molar-refractivity contribution >= 4 is 5.97 Å². The van der Waals surface area contributed by atoms with Gasteiger partial charge in [0.05, 0.1) is 6.54 Å². The zero-order valence-electron chi connectivity index (χ0n) is 11.7. The molecule has 1 aromatic heterocycles. The Morgan fingerprint density at radius 3 is 2.90 bits per heavy atom. The van der Waals surface area contributed by atoms with Crippen molar-refractivity contribution in [3.05, 3.63) is 35.7 Å². The fourth-order valence-corrected chi connectivity index (χ4v) is 1.76. The Kier molecular flexibility index (Phi) is 4.14. The number of hydrogen-bond donors (Lipinski definition) is 1. The molecule has 1 heterocycles. The van der Waals surface area contributed by atoms with Gasteiger partial charge in [-0.2, -0.15) is 4.98 Å². The van der Waals surface area contributed by atoms with Crippen LogP contribution in [-0.2, 0) is 11.3 Å². The highest BCUT2D eigenvalue weighted by atomic mass is 16.5. The standard InChI is InChI=1S/C14H17N3O3/c1-9-5-4-6-11(7-9)13-15-12(20-16-13)8-17(3)10(2)14(18)19/h4-7,10H,8H2,1-3H3,(H,18,19). The Bertz CT molecular complexity index is 609. The zero-order chi connectivity index (χ0) is 14.7. The predicted molar refractivity (Wildman–Crippen MR) is 73.0 cm³/mol. The number of aliphatic carboxylic acids is 1. The van der Waals surface area contributed by atoms with Gasteiger partial charge >= 0.3 is 5.97 Å². The van der Waals surface area contributed by atoms with Gasteiger partial charge in [0.25, 0.3) is 0 Å². The van der Waals surface area contributed by atoms with Gasteiger partial charge in [-0.25, -0.2) is 0 Å². The third-order valence-electron chi connectivity index (χ3n) is 3.15. The molecule has 1 N–H and O–H groups in total. The van der Waals surface area contributed by atoms with Gasteiger partial charge in [0, 0.05) is 5.56 Å². The van der Waals surface area contributed by atoms with Crippen LogP contribution in [0.2, 0.25) is 0 Å². The quantitative estimate of drug-likeness (QED) is 0.898. The van der Waals surface area contributed by atoms with E-state index in [9.17, 15) is 4.79 Å². The minimum atomic E-state index is -0.883. The number of carboxylic acids is 1.